The molecule has 0 aliphatic rings. The molecule has 0 fully saturated rings. The Morgan fingerprint density at radius 2 is 1.71 bits per heavy atom. The van der Waals surface area contributed by atoms with E-state index in [4.69, 9.17) is 11.6 Å². The van der Waals surface area contributed by atoms with Crippen LogP contribution in [0.1, 0.15) is 20.7 Å². The van der Waals surface area contributed by atoms with E-state index in [0.717, 1.165) is 12.3 Å². The number of carbonyl (C=O) groups excluding carboxylic acids is 2. The summed E-state index contributed by atoms with van der Waals surface area (Å²) in [4.78, 5) is 37.0. The van der Waals surface area contributed by atoms with Crippen molar-refractivity contribution in [2.24, 2.45) is 0 Å². The standard InChI is InChI=1S/C13H8ClN3O4/c14-10-3-1-8(2-4-10)12(18)16-13(19)9-5-6-15-11(7-9)17(20)21/h1-7H,(H,16,18,19). The summed E-state index contributed by atoms with van der Waals surface area (Å²) in [5.74, 6) is -1.85. The molecule has 0 saturated carbocycles. The van der Waals surface area contributed by atoms with Crippen molar-refractivity contribution in [1.29, 1.82) is 0 Å². The monoisotopic (exact) mass is 305 g/mol. The molecule has 0 spiro atoms. The van der Waals surface area contributed by atoms with Gasteiger partial charge >= 0.3 is 5.82 Å². The number of pyridine rings is 1. The number of nitro groups is 1. The Hall–Kier alpha value is -2.80. The van der Waals surface area contributed by atoms with Crippen LogP contribution in [0.2, 0.25) is 5.02 Å². The summed E-state index contributed by atoms with van der Waals surface area (Å²) < 4.78 is 0. The van der Waals surface area contributed by atoms with Gasteiger partial charge in [-0.3, -0.25) is 14.9 Å². The van der Waals surface area contributed by atoms with Gasteiger partial charge in [0.1, 0.15) is 6.20 Å². The molecule has 1 N–H and O–H groups in total. The van der Waals surface area contributed by atoms with Gasteiger partial charge in [-0.15, -0.1) is 0 Å². The Morgan fingerprint density at radius 1 is 1.10 bits per heavy atom. The lowest BCUT2D eigenvalue weighted by molar-refractivity contribution is -0.389. The number of carbonyl (C=O) groups is 2. The second-order valence-electron chi connectivity index (χ2n) is 3.95. The maximum atomic E-state index is 11.9. The molecule has 0 atom stereocenters. The highest BCUT2D eigenvalue weighted by Crippen LogP contribution is 2.11. The fraction of sp³-hybridized carbons (Fsp3) is 0. The Balaban J connectivity index is 2.14. The van der Waals surface area contributed by atoms with Gasteiger partial charge in [-0.1, -0.05) is 11.6 Å². The van der Waals surface area contributed by atoms with Gasteiger partial charge in [-0.2, -0.15) is 0 Å². The SMILES string of the molecule is O=C(NC(=O)c1ccnc([N+](=O)[O-])c1)c1ccc(Cl)cc1. The van der Waals surface area contributed by atoms with Crippen molar-refractivity contribution in [3.63, 3.8) is 0 Å². The van der Waals surface area contributed by atoms with Crippen molar-refractivity contribution in [2.45, 2.75) is 0 Å². The molecule has 0 radical (unpaired) electrons. The van der Waals surface area contributed by atoms with Gasteiger partial charge in [0.05, 0.1) is 5.56 Å². The van der Waals surface area contributed by atoms with Crippen LogP contribution in [0, 0.1) is 10.1 Å². The van der Waals surface area contributed by atoms with E-state index in [2.05, 4.69) is 10.3 Å². The molecule has 106 valence electrons. The third-order valence-electron chi connectivity index (χ3n) is 2.53. The van der Waals surface area contributed by atoms with Gasteiger partial charge in [-0.05, 0) is 40.2 Å². The highest BCUT2D eigenvalue weighted by atomic mass is 35.5. The van der Waals surface area contributed by atoms with E-state index in [1.807, 2.05) is 0 Å². The predicted octanol–water partition coefficient (Wildman–Crippen LogP) is 2.21. The van der Waals surface area contributed by atoms with Crippen LogP contribution in [0.15, 0.2) is 42.6 Å². The van der Waals surface area contributed by atoms with Gasteiger partial charge in [0.15, 0.2) is 0 Å². The molecule has 2 amide bonds. The third kappa shape index (κ3) is 3.61. The second-order valence-corrected chi connectivity index (χ2v) is 4.39. The van der Waals surface area contributed by atoms with Gasteiger partial charge in [0.25, 0.3) is 11.8 Å². The van der Waals surface area contributed by atoms with E-state index in [1.165, 1.54) is 30.3 Å². The lowest BCUT2D eigenvalue weighted by atomic mass is 10.2. The van der Waals surface area contributed by atoms with E-state index in [9.17, 15) is 19.7 Å². The van der Waals surface area contributed by atoms with Crippen molar-refractivity contribution in [2.75, 3.05) is 0 Å². The second kappa shape index (κ2) is 6.10. The van der Waals surface area contributed by atoms with Crippen LogP contribution in [0.25, 0.3) is 0 Å². The van der Waals surface area contributed by atoms with Crippen LogP contribution in [0.5, 0.6) is 0 Å². The van der Waals surface area contributed by atoms with Crippen molar-refractivity contribution < 1.29 is 14.5 Å². The first-order chi connectivity index (χ1) is 9.97. The minimum Gasteiger partial charge on any atom is -0.358 e. The Morgan fingerprint density at radius 3 is 2.33 bits per heavy atom. The van der Waals surface area contributed by atoms with Gasteiger partial charge in [0.2, 0.25) is 0 Å². The van der Waals surface area contributed by atoms with E-state index in [1.54, 1.807) is 0 Å². The normalized spacial score (nSPS) is 9.95. The zero-order valence-electron chi connectivity index (χ0n) is 10.4. The van der Waals surface area contributed by atoms with Crippen molar-refractivity contribution >= 4 is 29.2 Å². The third-order valence-corrected chi connectivity index (χ3v) is 2.78. The van der Waals surface area contributed by atoms with Crippen LogP contribution in [0.4, 0.5) is 5.82 Å². The molecule has 8 heteroatoms. The Kier molecular flexibility index (Phi) is 4.24. The van der Waals surface area contributed by atoms with E-state index < -0.39 is 22.6 Å². The summed E-state index contributed by atoms with van der Waals surface area (Å²) >= 11 is 5.70. The molecule has 0 unspecified atom stereocenters. The molecule has 1 aromatic carbocycles. The van der Waals surface area contributed by atoms with Crippen LogP contribution in [0.3, 0.4) is 0 Å². The summed E-state index contributed by atoms with van der Waals surface area (Å²) in [7, 11) is 0. The number of nitrogens with one attached hydrogen (secondary N) is 1. The largest absolute Gasteiger partial charge is 0.364 e. The predicted molar refractivity (Wildman–Crippen MR) is 74.1 cm³/mol. The van der Waals surface area contributed by atoms with E-state index in [-0.39, 0.29) is 11.1 Å². The molecule has 0 saturated heterocycles. The number of amides is 2. The van der Waals surface area contributed by atoms with Gasteiger partial charge in [-0.25, -0.2) is 0 Å². The van der Waals surface area contributed by atoms with Crippen LogP contribution >= 0.6 is 11.6 Å². The molecule has 1 aromatic heterocycles. The fourth-order valence-corrected chi connectivity index (χ4v) is 1.63. The Labute approximate surface area is 123 Å². The molecule has 21 heavy (non-hydrogen) atoms. The fourth-order valence-electron chi connectivity index (χ4n) is 1.51. The number of nitrogens with zero attached hydrogens (tertiary/aromatic N) is 2. The quantitative estimate of drug-likeness (QED) is 0.532. The summed E-state index contributed by atoms with van der Waals surface area (Å²) in [6.07, 6.45) is 1.12. The molecular weight excluding hydrogens is 298 g/mol. The van der Waals surface area contributed by atoms with Crippen LogP contribution in [-0.4, -0.2) is 21.7 Å². The highest BCUT2D eigenvalue weighted by Gasteiger charge is 2.16. The Bertz CT molecular complexity index is 716. The van der Waals surface area contributed by atoms with E-state index in [0.29, 0.717) is 5.02 Å². The highest BCUT2D eigenvalue weighted by molar-refractivity contribution is 6.30. The first kappa shape index (κ1) is 14.6. The van der Waals surface area contributed by atoms with Crippen molar-refractivity contribution in [3.8, 4) is 0 Å². The first-order valence-electron chi connectivity index (χ1n) is 5.69. The van der Waals surface area contributed by atoms with Crippen molar-refractivity contribution in [1.82, 2.24) is 10.3 Å². The maximum absolute atomic E-state index is 11.9. The molecule has 7 nitrogen and oxygen atoms in total. The summed E-state index contributed by atoms with van der Waals surface area (Å²) in [6, 6.07) is 8.21. The maximum Gasteiger partial charge on any atom is 0.364 e. The number of hydrogen-bond donors (Lipinski definition) is 1. The zero-order chi connectivity index (χ0) is 15.4. The summed E-state index contributed by atoms with van der Waals surface area (Å²) in [5, 5.41) is 13.2. The minimum absolute atomic E-state index is 0.0287. The van der Waals surface area contributed by atoms with Gasteiger partial charge < -0.3 is 10.1 Å². The van der Waals surface area contributed by atoms with Crippen molar-refractivity contribution in [3.05, 3.63) is 68.9 Å². The number of halogens is 1. The summed E-state index contributed by atoms with van der Waals surface area (Å²) in [5.41, 5.74) is 0.218. The molecule has 0 aliphatic heterocycles. The molecular formula is C13H8ClN3O4. The molecule has 2 aromatic rings. The number of imide groups is 1. The summed E-state index contributed by atoms with van der Waals surface area (Å²) in [6.45, 7) is 0. The number of aromatic nitrogens is 1. The molecule has 2 rings (SSSR count). The minimum atomic E-state index is -0.750. The van der Waals surface area contributed by atoms with Gasteiger partial charge in [0, 0.05) is 16.7 Å². The first-order valence-corrected chi connectivity index (χ1v) is 6.07. The lowest BCUT2D eigenvalue weighted by Gasteiger charge is -2.04. The molecule has 0 aliphatic carbocycles. The van der Waals surface area contributed by atoms with E-state index >= 15 is 0 Å². The topological polar surface area (TPSA) is 102 Å². The van der Waals surface area contributed by atoms with Crippen LogP contribution in [-0.2, 0) is 0 Å². The smallest absolute Gasteiger partial charge is 0.358 e. The number of rotatable bonds is 3. The average molecular weight is 306 g/mol. The zero-order valence-corrected chi connectivity index (χ0v) is 11.2. The molecule has 0 bridgehead atoms. The lowest BCUT2D eigenvalue weighted by Crippen LogP contribution is -2.30. The number of benzene rings is 1. The number of hydrogen-bond acceptors (Lipinski definition) is 5. The average Bonchev–Trinajstić information content (AvgIpc) is 2.48. The van der Waals surface area contributed by atoms with Crippen LogP contribution < -0.4 is 5.32 Å². The molecule has 1 heterocycles.